The Morgan fingerprint density at radius 3 is 2.79 bits per heavy atom. The van der Waals surface area contributed by atoms with Gasteiger partial charge < -0.3 is 20.9 Å². The molecule has 0 heterocycles. The van der Waals surface area contributed by atoms with E-state index in [0.717, 1.165) is 18.4 Å². The molecule has 1 amide bonds. The molecule has 6 nitrogen and oxygen atoms in total. The molecular weight excluding hydrogens is 246 g/mol. The van der Waals surface area contributed by atoms with Crippen molar-refractivity contribution in [1.29, 1.82) is 0 Å². The van der Waals surface area contributed by atoms with Crippen LogP contribution >= 0.6 is 0 Å². The first-order valence-electron chi connectivity index (χ1n) is 6.13. The number of amidine groups is 1. The van der Waals surface area contributed by atoms with Crippen LogP contribution < -0.4 is 5.73 Å². The van der Waals surface area contributed by atoms with Crippen LogP contribution in [0.5, 0.6) is 0 Å². The van der Waals surface area contributed by atoms with Crippen LogP contribution in [0.4, 0.5) is 4.79 Å². The number of unbranched alkanes of at least 4 members (excludes halogenated alkanes) is 1. The topological polar surface area (TPSA) is 99.1 Å². The predicted octanol–water partition coefficient (Wildman–Crippen LogP) is 2.06. The van der Waals surface area contributed by atoms with Crippen LogP contribution in [-0.4, -0.2) is 33.7 Å². The molecule has 0 aliphatic heterocycles. The lowest BCUT2D eigenvalue weighted by atomic mass is 10.1. The van der Waals surface area contributed by atoms with E-state index >= 15 is 0 Å². The number of oxime groups is 1. The van der Waals surface area contributed by atoms with E-state index in [1.54, 1.807) is 18.2 Å². The fourth-order valence-electron chi connectivity index (χ4n) is 1.70. The zero-order valence-corrected chi connectivity index (χ0v) is 10.9. The monoisotopic (exact) mass is 265 g/mol. The van der Waals surface area contributed by atoms with Gasteiger partial charge in [0.25, 0.3) is 0 Å². The lowest BCUT2D eigenvalue weighted by Crippen LogP contribution is -2.30. The number of carbonyl (C=O) groups is 1. The summed E-state index contributed by atoms with van der Waals surface area (Å²) in [7, 11) is 0. The maximum Gasteiger partial charge on any atom is 0.407 e. The highest BCUT2D eigenvalue weighted by atomic mass is 16.4. The Hall–Kier alpha value is -2.24. The summed E-state index contributed by atoms with van der Waals surface area (Å²) in [6.07, 6.45) is 0.822. The van der Waals surface area contributed by atoms with Crippen molar-refractivity contribution in [1.82, 2.24) is 4.90 Å². The molecule has 0 saturated carbocycles. The summed E-state index contributed by atoms with van der Waals surface area (Å²) in [5.41, 5.74) is 6.88. The van der Waals surface area contributed by atoms with Crippen LogP contribution in [0, 0.1) is 0 Å². The number of nitrogens with zero attached hydrogens (tertiary/aromatic N) is 2. The van der Waals surface area contributed by atoms with Crippen molar-refractivity contribution in [2.75, 3.05) is 6.54 Å². The molecule has 6 heteroatoms. The second kappa shape index (κ2) is 7.25. The van der Waals surface area contributed by atoms with Gasteiger partial charge in [-0.2, -0.15) is 0 Å². The third kappa shape index (κ3) is 4.50. The number of benzene rings is 1. The van der Waals surface area contributed by atoms with Gasteiger partial charge in [-0.1, -0.05) is 36.7 Å². The molecule has 0 atom stereocenters. The SMILES string of the molecule is CCCCN(Cc1cccc(C(N)=NO)c1)C(=O)O. The molecule has 0 bridgehead atoms. The average Bonchev–Trinajstić information content (AvgIpc) is 2.42. The smallest absolute Gasteiger partial charge is 0.407 e. The highest BCUT2D eigenvalue weighted by Gasteiger charge is 2.12. The predicted molar refractivity (Wildman–Crippen MR) is 72.3 cm³/mol. The van der Waals surface area contributed by atoms with Gasteiger partial charge in [-0.3, -0.25) is 0 Å². The molecule has 104 valence electrons. The first-order chi connectivity index (χ1) is 9.08. The molecule has 0 unspecified atom stereocenters. The van der Waals surface area contributed by atoms with Crippen molar-refractivity contribution in [3.8, 4) is 0 Å². The Morgan fingerprint density at radius 2 is 2.21 bits per heavy atom. The highest BCUT2D eigenvalue weighted by Crippen LogP contribution is 2.09. The van der Waals surface area contributed by atoms with E-state index in [-0.39, 0.29) is 5.84 Å². The lowest BCUT2D eigenvalue weighted by Gasteiger charge is -2.19. The van der Waals surface area contributed by atoms with Gasteiger partial charge in [0.2, 0.25) is 0 Å². The van der Waals surface area contributed by atoms with Gasteiger partial charge in [-0.25, -0.2) is 4.79 Å². The summed E-state index contributed by atoms with van der Waals surface area (Å²) < 4.78 is 0. The standard InChI is InChI=1S/C13H19N3O3/c1-2-3-7-16(13(17)18)9-10-5-4-6-11(8-10)12(14)15-19/h4-6,8,19H,2-3,7,9H2,1H3,(H2,14,15)(H,17,18). The average molecular weight is 265 g/mol. The van der Waals surface area contributed by atoms with Gasteiger partial charge in [0.1, 0.15) is 0 Å². The molecule has 0 aliphatic rings. The Labute approximate surface area is 112 Å². The van der Waals surface area contributed by atoms with E-state index in [0.29, 0.717) is 18.7 Å². The third-order valence-electron chi connectivity index (χ3n) is 2.76. The van der Waals surface area contributed by atoms with E-state index < -0.39 is 6.09 Å². The second-order valence-electron chi connectivity index (χ2n) is 4.24. The number of carboxylic acid groups (broad SMARTS) is 1. The van der Waals surface area contributed by atoms with E-state index in [1.165, 1.54) is 4.90 Å². The van der Waals surface area contributed by atoms with Gasteiger partial charge in [-0.15, -0.1) is 0 Å². The number of rotatable bonds is 6. The molecule has 0 spiro atoms. The van der Waals surface area contributed by atoms with E-state index in [4.69, 9.17) is 16.0 Å². The fraction of sp³-hybridized carbons (Fsp3) is 0.385. The minimum Gasteiger partial charge on any atom is -0.465 e. The largest absolute Gasteiger partial charge is 0.465 e. The quantitative estimate of drug-likeness (QED) is 0.317. The van der Waals surface area contributed by atoms with Crippen molar-refractivity contribution in [2.24, 2.45) is 10.9 Å². The maximum atomic E-state index is 11.1. The molecule has 0 fully saturated rings. The van der Waals surface area contributed by atoms with Crippen LogP contribution in [-0.2, 0) is 6.54 Å². The van der Waals surface area contributed by atoms with Gasteiger partial charge in [-0.05, 0) is 18.1 Å². The molecule has 1 aromatic rings. The Balaban J connectivity index is 2.82. The summed E-state index contributed by atoms with van der Waals surface area (Å²) in [5.74, 6) is 0.0114. The normalized spacial score (nSPS) is 11.3. The molecule has 4 N–H and O–H groups in total. The summed E-state index contributed by atoms with van der Waals surface area (Å²) >= 11 is 0. The Bertz CT molecular complexity index is 460. The fourth-order valence-corrected chi connectivity index (χ4v) is 1.70. The summed E-state index contributed by atoms with van der Waals surface area (Å²) in [4.78, 5) is 12.5. The highest BCUT2D eigenvalue weighted by molar-refractivity contribution is 5.97. The zero-order valence-electron chi connectivity index (χ0n) is 10.9. The molecule has 1 aromatic carbocycles. The van der Waals surface area contributed by atoms with Crippen molar-refractivity contribution >= 4 is 11.9 Å². The van der Waals surface area contributed by atoms with Gasteiger partial charge in [0.05, 0.1) is 0 Å². The molecular formula is C13H19N3O3. The van der Waals surface area contributed by atoms with E-state index in [9.17, 15) is 4.79 Å². The summed E-state index contributed by atoms with van der Waals surface area (Å²) in [6, 6.07) is 6.99. The zero-order chi connectivity index (χ0) is 14.3. The minimum atomic E-state index is -0.942. The maximum absolute atomic E-state index is 11.1. The van der Waals surface area contributed by atoms with Crippen molar-refractivity contribution in [3.05, 3.63) is 35.4 Å². The molecule has 19 heavy (non-hydrogen) atoms. The van der Waals surface area contributed by atoms with Crippen LogP contribution in [0.2, 0.25) is 0 Å². The second-order valence-corrected chi connectivity index (χ2v) is 4.24. The lowest BCUT2D eigenvalue weighted by molar-refractivity contribution is 0.141. The van der Waals surface area contributed by atoms with Gasteiger partial charge >= 0.3 is 6.09 Å². The Kier molecular flexibility index (Phi) is 5.66. The number of hydrogen-bond donors (Lipinski definition) is 3. The molecule has 0 saturated heterocycles. The molecule has 0 aromatic heterocycles. The number of hydrogen-bond acceptors (Lipinski definition) is 3. The van der Waals surface area contributed by atoms with Gasteiger partial charge in [0, 0.05) is 18.7 Å². The summed E-state index contributed by atoms with van der Waals surface area (Å²) in [6.45, 7) is 2.81. The Morgan fingerprint density at radius 1 is 1.47 bits per heavy atom. The van der Waals surface area contributed by atoms with E-state index in [1.807, 2.05) is 13.0 Å². The number of nitrogens with two attached hydrogens (primary N) is 1. The summed E-state index contributed by atoms with van der Waals surface area (Å²) in [5, 5.41) is 20.7. The van der Waals surface area contributed by atoms with Crippen LogP contribution in [0.15, 0.2) is 29.4 Å². The molecule has 0 aliphatic carbocycles. The first kappa shape index (κ1) is 14.8. The van der Waals surface area contributed by atoms with Crippen molar-refractivity contribution in [3.63, 3.8) is 0 Å². The first-order valence-corrected chi connectivity index (χ1v) is 6.13. The van der Waals surface area contributed by atoms with Crippen molar-refractivity contribution in [2.45, 2.75) is 26.3 Å². The van der Waals surface area contributed by atoms with Crippen LogP contribution in [0.1, 0.15) is 30.9 Å². The van der Waals surface area contributed by atoms with Crippen LogP contribution in [0.25, 0.3) is 0 Å². The van der Waals surface area contributed by atoms with Gasteiger partial charge in [0.15, 0.2) is 5.84 Å². The van der Waals surface area contributed by atoms with E-state index in [2.05, 4.69) is 5.16 Å². The van der Waals surface area contributed by atoms with Crippen LogP contribution in [0.3, 0.4) is 0 Å². The van der Waals surface area contributed by atoms with Crippen molar-refractivity contribution < 1.29 is 15.1 Å². The number of amides is 1. The third-order valence-corrected chi connectivity index (χ3v) is 2.76. The minimum absolute atomic E-state index is 0.0114. The molecule has 1 rings (SSSR count). The molecule has 0 radical (unpaired) electrons.